The van der Waals surface area contributed by atoms with Crippen molar-refractivity contribution >= 4 is 24.2 Å². The first-order valence-corrected chi connectivity index (χ1v) is 10.6. The van der Waals surface area contributed by atoms with Crippen molar-refractivity contribution in [1.29, 1.82) is 0 Å². The van der Waals surface area contributed by atoms with E-state index in [1.54, 1.807) is 0 Å². The molecule has 3 rings (SSSR count). The summed E-state index contributed by atoms with van der Waals surface area (Å²) in [5, 5.41) is 6.37. The number of likely N-dealkylation sites (N-methyl/N-ethyl adjacent to an activating group) is 1. The smallest absolute Gasteiger partial charge is 0.237 e. The molecule has 7 heteroatoms. The number of carbonyl (C=O) groups excluding carboxylic acids is 2. The molecule has 1 aliphatic carbocycles. The first kappa shape index (κ1) is 22.4. The second kappa shape index (κ2) is 11.2. The predicted molar refractivity (Wildman–Crippen MR) is 110 cm³/mol. The second-order valence-electron chi connectivity index (χ2n) is 8.43. The van der Waals surface area contributed by atoms with E-state index in [4.69, 9.17) is 0 Å². The van der Waals surface area contributed by atoms with Gasteiger partial charge in [-0.1, -0.05) is 19.3 Å². The minimum atomic E-state index is 0. The maximum atomic E-state index is 12.7. The molecule has 0 spiro atoms. The molecule has 2 unspecified atom stereocenters. The molecule has 2 heterocycles. The van der Waals surface area contributed by atoms with E-state index in [9.17, 15) is 9.59 Å². The summed E-state index contributed by atoms with van der Waals surface area (Å²) in [5.74, 6) is 0.867. The Morgan fingerprint density at radius 1 is 1.07 bits per heavy atom. The number of amides is 2. The fraction of sp³-hybridized carbons (Fsp3) is 0.900. The number of hydrogen-bond acceptors (Lipinski definition) is 4. The summed E-state index contributed by atoms with van der Waals surface area (Å²) in [5.41, 5.74) is 0. The molecule has 0 aromatic heterocycles. The summed E-state index contributed by atoms with van der Waals surface area (Å²) < 4.78 is 0. The Morgan fingerprint density at radius 3 is 2.56 bits per heavy atom. The number of nitrogens with zero attached hydrogens (tertiary/aromatic N) is 2. The second-order valence-corrected chi connectivity index (χ2v) is 8.43. The van der Waals surface area contributed by atoms with Crippen molar-refractivity contribution in [2.24, 2.45) is 5.92 Å². The first-order chi connectivity index (χ1) is 12.6. The highest BCUT2D eigenvalue weighted by molar-refractivity contribution is 5.85. The maximum absolute atomic E-state index is 12.7. The van der Waals surface area contributed by atoms with Crippen LogP contribution in [0, 0.1) is 5.92 Å². The average Bonchev–Trinajstić information content (AvgIpc) is 3.21. The van der Waals surface area contributed by atoms with E-state index in [2.05, 4.69) is 15.5 Å². The molecule has 0 bridgehead atoms. The lowest BCUT2D eigenvalue weighted by molar-refractivity contribution is -0.134. The molecule has 2 amide bonds. The van der Waals surface area contributed by atoms with Crippen LogP contribution in [0.25, 0.3) is 0 Å². The Balaban J connectivity index is 0.00000261. The summed E-state index contributed by atoms with van der Waals surface area (Å²) >= 11 is 0. The van der Waals surface area contributed by atoms with Gasteiger partial charge in [-0.15, -0.1) is 12.4 Å². The molecule has 156 valence electrons. The largest absolute Gasteiger partial charge is 0.354 e. The van der Waals surface area contributed by atoms with Gasteiger partial charge in [0.1, 0.15) is 0 Å². The normalized spacial score (nSPS) is 27.0. The molecular weight excluding hydrogens is 364 g/mol. The fourth-order valence-electron chi connectivity index (χ4n) is 4.71. The van der Waals surface area contributed by atoms with Crippen LogP contribution in [0.15, 0.2) is 0 Å². The zero-order valence-corrected chi connectivity index (χ0v) is 17.6. The first-order valence-electron chi connectivity index (χ1n) is 10.6. The Labute approximate surface area is 170 Å². The van der Waals surface area contributed by atoms with Crippen LogP contribution in [0.3, 0.4) is 0 Å². The molecule has 3 fully saturated rings. The number of hydrogen-bond donors (Lipinski definition) is 2. The highest BCUT2D eigenvalue weighted by atomic mass is 35.5. The van der Waals surface area contributed by atoms with Crippen LogP contribution in [-0.4, -0.2) is 73.5 Å². The van der Waals surface area contributed by atoms with Gasteiger partial charge in [0.05, 0.1) is 12.6 Å². The lowest BCUT2D eigenvalue weighted by Crippen LogP contribution is -2.49. The lowest BCUT2D eigenvalue weighted by Gasteiger charge is -2.36. The molecule has 3 aliphatic rings. The van der Waals surface area contributed by atoms with Crippen molar-refractivity contribution in [3.05, 3.63) is 0 Å². The van der Waals surface area contributed by atoms with Crippen molar-refractivity contribution in [2.75, 3.05) is 39.8 Å². The summed E-state index contributed by atoms with van der Waals surface area (Å²) in [4.78, 5) is 29.1. The van der Waals surface area contributed by atoms with Gasteiger partial charge in [-0.05, 0) is 57.5 Å². The summed E-state index contributed by atoms with van der Waals surface area (Å²) in [6, 6.07) is 0.440. The van der Waals surface area contributed by atoms with Crippen molar-refractivity contribution < 1.29 is 9.59 Å². The molecule has 27 heavy (non-hydrogen) atoms. The van der Waals surface area contributed by atoms with Gasteiger partial charge in [-0.25, -0.2) is 0 Å². The Hall–Kier alpha value is -0.850. The SMILES string of the molecule is CN(C(=O)CN1CCCC(CNC(=O)C2CCCN2)C1)C1CCCCC1.Cl. The summed E-state index contributed by atoms with van der Waals surface area (Å²) in [6.45, 7) is 4.13. The van der Waals surface area contributed by atoms with Gasteiger partial charge >= 0.3 is 0 Å². The highest BCUT2D eigenvalue weighted by Gasteiger charge is 2.27. The third-order valence-corrected chi connectivity index (χ3v) is 6.42. The molecule has 0 aromatic carbocycles. The highest BCUT2D eigenvalue weighted by Crippen LogP contribution is 2.22. The van der Waals surface area contributed by atoms with Crippen molar-refractivity contribution in [3.8, 4) is 0 Å². The minimum Gasteiger partial charge on any atom is -0.354 e. The van der Waals surface area contributed by atoms with Crippen LogP contribution in [0.1, 0.15) is 57.8 Å². The Kier molecular flexibility index (Phi) is 9.33. The van der Waals surface area contributed by atoms with Crippen LogP contribution in [0.4, 0.5) is 0 Å². The van der Waals surface area contributed by atoms with Gasteiger partial charge in [-0.2, -0.15) is 0 Å². The van der Waals surface area contributed by atoms with Crippen LogP contribution in [0.5, 0.6) is 0 Å². The van der Waals surface area contributed by atoms with Crippen LogP contribution in [-0.2, 0) is 9.59 Å². The predicted octanol–water partition coefficient (Wildman–Crippen LogP) is 1.78. The lowest BCUT2D eigenvalue weighted by atomic mass is 9.94. The van der Waals surface area contributed by atoms with E-state index >= 15 is 0 Å². The van der Waals surface area contributed by atoms with Crippen LogP contribution in [0.2, 0.25) is 0 Å². The number of rotatable bonds is 6. The zero-order chi connectivity index (χ0) is 18.4. The van der Waals surface area contributed by atoms with Crippen LogP contribution >= 0.6 is 12.4 Å². The van der Waals surface area contributed by atoms with E-state index in [1.165, 1.54) is 19.3 Å². The molecule has 1 saturated carbocycles. The maximum Gasteiger partial charge on any atom is 0.237 e. The minimum absolute atomic E-state index is 0. The van der Waals surface area contributed by atoms with Crippen molar-refractivity contribution in [1.82, 2.24) is 20.4 Å². The number of halogens is 1. The quantitative estimate of drug-likeness (QED) is 0.713. The van der Waals surface area contributed by atoms with Gasteiger partial charge in [0.25, 0.3) is 0 Å². The van der Waals surface area contributed by atoms with Gasteiger partial charge in [0.2, 0.25) is 11.8 Å². The van der Waals surface area contributed by atoms with E-state index in [0.29, 0.717) is 18.5 Å². The Morgan fingerprint density at radius 2 is 1.85 bits per heavy atom. The molecular formula is C20H37ClN4O2. The molecule has 2 N–H and O–H groups in total. The third kappa shape index (κ3) is 6.61. The molecule has 2 aliphatic heterocycles. The summed E-state index contributed by atoms with van der Waals surface area (Å²) in [7, 11) is 1.98. The van der Waals surface area contributed by atoms with E-state index in [1.807, 2.05) is 11.9 Å². The van der Waals surface area contributed by atoms with Crippen LogP contribution < -0.4 is 10.6 Å². The Bertz CT molecular complexity index is 479. The van der Waals surface area contributed by atoms with Gasteiger partial charge in [0, 0.05) is 26.2 Å². The third-order valence-electron chi connectivity index (χ3n) is 6.42. The number of piperidine rings is 1. The number of nitrogens with one attached hydrogen (secondary N) is 2. The van der Waals surface area contributed by atoms with Crippen molar-refractivity contribution in [2.45, 2.75) is 69.9 Å². The zero-order valence-electron chi connectivity index (χ0n) is 16.8. The summed E-state index contributed by atoms with van der Waals surface area (Å²) in [6.07, 6.45) is 10.4. The molecule has 2 saturated heterocycles. The molecule has 6 nitrogen and oxygen atoms in total. The van der Waals surface area contributed by atoms with Gasteiger partial charge < -0.3 is 15.5 Å². The average molecular weight is 401 g/mol. The van der Waals surface area contributed by atoms with E-state index in [-0.39, 0.29) is 30.3 Å². The van der Waals surface area contributed by atoms with Crippen molar-refractivity contribution in [3.63, 3.8) is 0 Å². The molecule has 0 radical (unpaired) electrons. The molecule has 2 atom stereocenters. The molecule has 0 aromatic rings. The van der Waals surface area contributed by atoms with Gasteiger partial charge in [0.15, 0.2) is 0 Å². The van der Waals surface area contributed by atoms with E-state index in [0.717, 1.165) is 64.7 Å². The van der Waals surface area contributed by atoms with Gasteiger partial charge in [-0.3, -0.25) is 14.5 Å². The number of carbonyl (C=O) groups is 2. The monoisotopic (exact) mass is 400 g/mol. The topological polar surface area (TPSA) is 64.7 Å². The fourth-order valence-corrected chi connectivity index (χ4v) is 4.71. The van der Waals surface area contributed by atoms with E-state index < -0.39 is 0 Å². The number of likely N-dealkylation sites (tertiary alicyclic amines) is 1. The standard InChI is InChI=1S/C20H36N4O2.ClH/c1-23(17-8-3-2-4-9-17)19(25)15-24-12-6-7-16(14-24)13-22-20(26)18-10-5-11-21-18;/h16-18,21H,2-15H2,1H3,(H,22,26);1H.